The summed E-state index contributed by atoms with van der Waals surface area (Å²) in [5.41, 5.74) is 0.460. The number of carbonyl (C=O) groups is 1. The van der Waals surface area contributed by atoms with Gasteiger partial charge in [-0.3, -0.25) is 0 Å². The van der Waals surface area contributed by atoms with Crippen LogP contribution in [0.2, 0.25) is 5.02 Å². The van der Waals surface area contributed by atoms with Gasteiger partial charge in [0, 0.05) is 8.47 Å². The number of rotatable bonds is 1. The second kappa shape index (κ2) is 4.52. The standard InChI is InChI=1S/C8H6ClIO2S/c1-12-8(11)4-2-5(10)7(9)6(13)3-4/h2-3,13H,1H3. The topological polar surface area (TPSA) is 26.3 Å². The molecule has 0 aliphatic heterocycles. The Labute approximate surface area is 100 Å². The van der Waals surface area contributed by atoms with Crippen molar-refractivity contribution in [2.24, 2.45) is 0 Å². The zero-order valence-corrected chi connectivity index (χ0v) is 10.5. The Morgan fingerprint density at radius 1 is 1.62 bits per heavy atom. The molecule has 0 unspecified atom stereocenters. The normalized spacial score (nSPS) is 9.85. The van der Waals surface area contributed by atoms with Gasteiger partial charge in [-0.2, -0.15) is 0 Å². The Balaban J connectivity index is 3.20. The van der Waals surface area contributed by atoms with Crippen molar-refractivity contribution in [3.63, 3.8) is 0 Å². The highest BCUT2D eigenvalue weighted by atomic mass is 127. The first kappa shape index (κ1) is 11.1. The highest BCUT2D eigenvalue weighted by Gasteiger charge is 2.10. The Morgan fingerprint density at radius 2 is 2.23 bits per heavy atom. The van der Waals surface area contributed by atoms with E-state index in [0.717, 1.165) is 3.57 Å². The third-order valence-corrected chi connectivity index (χ3v) is 3.49. The minimum absolute atomic E-state index is 0.384. The summed E-state index contributed by atoms with van der Waals surface area (Å²) in [4.78, 5) is 11.7. The van der Waals surface area contributed by atoms with Crippen molar-refractivity contribution in [1.29, 1.82) is 0 Å². The van der Waals surface area contributed by atoms with E-state index in [2.05, 4.69) is 17.4 Å². The summed E-state index contributed by atoms with van der Waals surface area (Å²) in [7, 11) is 1.34. The summed E-state index contributed by atoms with van der Waals surface area (Å²) in [6.45, 7) is 0. The van der Waals surface area contributed by atoms with Gasteiger partial charge in [0.25, 0.3) is 0 Å². The molecular formula is C8H6ClIO2S. The zero-order valence-electron chi connectivity index (χ0n) is 6.67. The van der Waals surface area contributed by atoms with Crippen molar-refractivity contribution in [2.75, 3.05) is 7.11 Å². The van der Waals surface area contributed by atoms with Gasteiger partial charge in [-0.05, 0) is 34.7 Å². The first-order valence-electron chi connectivity index (χ1n) is 3.32. The molecule has 13 heavy (non-hydrogen) atoms. The largest absolute Gasteiger partial charge is 0.465 e. The molecule has 0 radical (unpaired) electrons. The number of thiol groups is 1. The summed E-state index contributed by atoms with van der Waals surface area (Å²) in [6, 6.07) is 3.24. The minimum Gasteiger partial charge on any atom is -0.465 e. The van der Waals surface area contributed by atoms with Gasteiger partial charge in [-0.25, -0.2) is 4.79 Å². The lowest BCUT2D eigenvalue weighted by atomic mass is 10.2. The maximum atomic E-state index is 11.1. The zero-order chi connectivity index (χ0) is 10.0. The molecule has 0 spiro atoms. The van der Waals surface area contributed by atoms with Gasteiger partial charge in [-0.1, -0.05) is 11.6 Å². The monoisotopic (exact) mass is 328 g/mol. The molecule has 2 nitrogen and oxygen atoms in total. The minimum atomic E-state index is -0.384. The molecule has 0 aliphatic carbocycles. The Hall–Kier alpha value is 0.0600. The fourth-order valence-corrected chi connectivity index (χ4v) is 2.02. The Morgan fingerprint density at radius 3 is 2.69 bits per heavy atom. The van der Waals surface area contributed by atoms with Crippen molar-refractivity contribution >= 4 is 52.8 Å². The van der Waals surface area contributed by atoms with E-state index in [1.54, 1.807) is 12.1 Å². The molecule has 5 heteroatoms. The van der Waals surface area contributed by atoms with Crippen LogP contribution in [0.25, 0.3) is 0 Å². The molecule has 0 N–H and O–H groups in total. The number of hydrogen-bond donors (Lipinski definition) is 1. The number of halogens is 2. The van der Waals surface area contributed by atoms with Gasteiger partial charge >= 0.3 is 5.97 Å². The predicted molar refractivity (Wildman–Crippen MR) is 62.8 cm³/mol. The Bertz CT molecular complexity index is 331. The van der Waals surface area contributed by atoms with Crippen LogP contribution >= 0.6 is 46.8 Å². The molecule has 0 heterocycles. The van der Waals surface area contributed by atoms with E-state index < -0.39 is 0 Å². The number of benzene rings is 1. The molecule has 70 valence electrons. The number of esters is 1. The molecule has 0 fully saturated rings. The van der Waals surface area contributed by atoms with Crippen LogP contribution < -0.4 is 0 Å². The maximum Gasteiger partial charge on any atom is 0.337 e. The Kier molecular flexibility index (Phi) is 3.87. The average Bonchev–Trinajstić information content (AvgIpc) is 2.12. The van der Waals surface area contributed by atoms with E-state index in [4.69, 9.17) is 11.6 Å². The molecule has 0 saturated heterocycles. The van der Waals surface area contributed by atoms with Crippen LogP contribution in [0.3, 0.4) is 0 Å². The first-order chi connectivity index (χ1) is 6.06. The van der Waals surface area contributed by atoms with E-state index in [1.807, 2.05) is 22.6 Å². The quantitative estimate of drug-likeness (QED) is 0.487. The molecule has 0 saturated carbocycles. The number of ether oxygens (including phenoxy) is 1. The van der Waals surface area contributed by atoms with Gasteiger partial charge < -0.3 is 4.74 Å². The molecule has 0 aromatic heterocycles. The molecule has 1 aromatic rings. The van der Waals surface area contributed by atoms with Crippen LogP contribution in [0.4, 0.5) is 0 Å². The van der Waals surface area contributed by atoms with Crippen LogP contribution in [0, 0.1) is 3.57 Å². The van der Waals surface area contributed by atoms with Crippen molar-refractivity contribution in [3.8, 4) is 0 Å². The van der Waals surface area contributed by atoms with E-state index in [-0.39, 0.29) is 5.97 Å². The molecule has 1 aromatic carbocycles. The van der Waals surface area contributed by atoms with Gasteiger partial charge in [0.1, 0.15) is 0 Å². The average molecular weight is 329 g/mol. The van der Waals surface area contributed by atoms with Crippen LogP contribution in [-0.4, -0.2) is 13.1 Å². The van der Waals surface area contributed by atoms with E-state index in [1.165, 1.54) is 7.11 Å². The second-order valence-electron chi connectivity index (χ2n) is 2.28. The van der Waals surface area contributed by atoms with Crippen LogP contribution in [0.15, 0.2) is 17.0 Å². The van der Waals surface area contributed by atoms with Crippen LogP contribution in [0.5, 0.6) is 0 Å². The maximum absolute atomic E-state index is 11.1. The summed E-state index contributed by atoms with van der Waals surface area (Å²) in [5, 5.41) is 0.552. The number of methoxy groups -OCH3 is 1. The van der Waals surface area contributed by atoms with Crippen LogP contribution in [-0.2, 0) is 4.74 Å². The third-order valence-electron chi connectivity index (χ3n) is 1.43. The van der Waals surface area contributed by atoms with Crippen molar-refractivity contribution in [2.45, 2.75) is 4.90 Å². The number of hydrogen-bond acceptors (Lipinski definition) is 3. The predicted octanol–water partition coefficient (Wildman–Crippen LogP) is 3.02. The van der Waals surface area contributed by atoms with Gasteiger partial charge in [0.15, 0.2) is 0 Å². The SMILES string of the molecule is COC(=O)c1cc(S)c(Cl)c(I)c1. The second-order valence-corrected chi connectivity index (χ2v) is 4.30. The van der Waals surface area contributed by atoms with Crippen molar-refractivity contribution in [3.05, 3.63) is 26.3 Å². The lowest BCUT2D eigenvalue weighted by molar-refractivity contribution is 0.0600. The van der Waals surface area contributed by atoms with E-state index >= 15 is 0 Å². The highest BCUT2D eigenvalue weighted by Crippen LogP contribution is 2.27. The van der Waals surface area contributed by atoms with Crippen LogP contribution in [0.1, 0.15) is 10.4 Å². The highest BCUT2D eigenvalue weighted by molar-refractivity contribution is 14.1. The number of carbonyl (C=O) groups excluding carboxylic acids is 1. The molecule has 0 amide bonds. The summed E-state index contributed by atoms with van der Waals surface area (Å²) < 4.78 is 5.35. The molecule has 0 aliphatic rings. The fourth-order valence-electron chi connectivity index (χ4n) is 0.810. The van der Waals surface area contributed by atoms with E-state index in [0.29, 0.717) is 15.5 Å². The summed E-state index contributed by atoms with van der Waals surface area (Å²) in [6.07, 6.45) is 0. The molecular weight excluding hydrogens is 323 g/mol. The lowest BCUT2D eigenvalue weighted by Gasteiger charge is -2.03. The van der Waals surface area contributed by atoms with Crippen molar-refractivity contribution in [1.82, 2.24) is 0 Å². The first-order valence-corrected chi connectivity index (χ1v) is 5.23. The molecule has 0 bridgehead atoms. The summed E-state index contributed by atoms with van der Waals surface area (Å²) >= 11 is 12.0. The van der Waals surface area contributed by atoms with E-state index in [9.17, 15) is 4.79 Å². The molecule has 1 rings (SSSR count). The van der Waals surface area contributed by atoms with Crippen molar-refractivity contribution < 1.29 is 9.53 Å². The molecule has 0 atom stereocenters. The fraction of sp³-hybridized carbons (Fsp3) is 0.125. The van der Waals surface area contributed by atoms with Gasteiger partial charge in [0.05, 0.1) is 17.7 Å². The third kappa shape index (κ3) is 2.51. The lowest BCUT2D eigenvalue weighted by Crippen LogP contribution is -2.01. The summed E-state index contributed by atoms with van der Waals surface area (Å²) in [5.74, 6) is -0.384. The van der Waals surface area contributed by atoms with Gasteiger partial charge in [-0.15, -0.1) is 12.6 Å². The van der Waals surface area contributed by atoms with Gasteiger partial charge in [0.2, 0.25) is 0 Å². The smallest absolute Gasteiger partial charge is 0.337 e.